The van der Waals surface area contributed by atoms with Gasteiger partial charge in [-0.1, -0.05) is 25.5 Å². The van der Waals surface area contributed by atoms with Crippen LogP contribution in [0, 0.1) is 17.3 Å². The zero-order valence-corrected chi connectivity index (χ0v) is 12.6. The minimum absolute atomic E-state index is 0.595. The Kier molecular flexibility index (Phi) is 2.73. The molecule has 3 atom stereocenters. The summed E-state index contributed by atoms with van der Waals surface area (Å²) in [6.45, 7) is 2.53. The van der Waals surface area contributed by atoms with E-state index in [9.17, 15) is 0 Å². The molecule has 0 aliphatic heterocycles. The van der Waals surface area contributed by atoms with E-state index in [1.807, 2.05) is 0 Å². The number of rotatable bonds is 1. The summed E-state index contributed by atoms with van der Waals surface area (Å²) in [5.74, 6) is 2.75. The van der Waals surface area contributed by atoms with Gasteiger partial charge in [0.1, 0.15) is 5.75 Å². The fraction of sp³-hybridized carbons (Fsp3) is 0.579. The van der Waals surface area contributed by atoms with Crippen molar-refractivity contribution in [2.45, 2.75) is 45.4 Å². The third-order valence-corrected chi connectivity index (χ3v) is 6.18. The molecule has 0 N–H and O–H groups in total. The van der Waals surface area contributed by atoms with Crippen LogP contribution in [0.5, 0.6) is 5.75 Å². The predicted molar refractivity (Wildman–Crippen MR) is 82.8 cm³/mol. The molecule has 4 rings (SSSR count). The highest BCUT2D eigenvalue weighted by Crippen LogP contribution is 2.58. The summed E-state index contributed by atoms with van der Waals surface area (Å²) in [7, 11) is 1.76. The van der Waals surface area contributed by atoms with Crippen molar-refractivity contribution in [1.82, 2.24) is 0 Å². The normalized spacial score (nSPS) is 34.8. The van der Waals surface area contributed by atoms with Crippen LogP contribution in [0.25, 0.3) is 5.57 Å². The molecule has 0 aromatic heterocycles. The topological polar surface area (TPSA) is 9.23 Å². The van der Waals surface area contributed by atoms with Crippen LogP contribution in [0.3, 0.4) is 0 Å². The second-order valence-electron chi connectivity index (χ2n) is 7.18. The maximum atomic E-state index is 5.38. The van der Waals surface area contributed by atoms with Crippen LogP contribution in [0.1, 0.15) is 50.2 Å². The van der Waals surface area contributed by atoms with E-state index >= 15 is 0 Å². The molecular formula is C19H24O. The Balaban J connectivity index is 1.77. The Morgan fingerprint density at radius 3 is 3.00 bits per heavy atom. The largest absolute Gasteiger partial charge is 0.497 e. The molecule has 1 nitrogen and oxygen atoms in total. The van der Waals surface area contributed by atoms with Crippen LogP contribution >= 0.6 is 0 Å². The van der Waals surface area contributed by atoms with Crippen LogP contribution in [0.15, 0.2) is 24.3 Å². The molecule has 106 valence electrons. The van der Waals surface area contributed by atoms with Crippen LogP contribution < -0.4 is 4.74 Å². The van der Waals surface area contributed by atoms with Crippen LogP contribution in [-0.4, -0.2) is 7.11 Å². The van der Waals surface area contributed by atoms with Crippen molar-refractivity contribution in [1.29, 1.82) is 0 Å². The number of fused-ring (bicyclic) bond motifs is 5. The van der Waals surface area contributed by atoms with Gasteiger partial charge < -0.3 is 4.74 Å². The average molecular weight is 268 g/mol. The molecule has 0 heterocycles. The quantitative estimate of drug-likeness (QED) is 0.707. The number of ether oxygens (including phenoxy) is 1. The zero-order chi connectivity index (χ0) is 13.7. The van der Waals surface area contributed by atoms with Crippen LogP contribution in [0.2, 0.25) is 0 Å². The van der Waals surface area contributed by atoms with Gasteiger partial charge in [-0.25, -0.2) is 0 Å². The monoisotopic (exact) mass is 268 g/mol. The summed E-state index contributed by atoms with van der Waals surface area (Å²) in [6, 6.07) is 6.67. The molecule has 1 aromatic carbocycles. The first kappa shape index (κ1) is 12.5. The number of hydrogen-bond donors (Lipinski definition) is 0. The Labute approximate surface area is 122 Å². The minimum atomic E-state index is 0.595. The van der Waals surface area contributed by atoms with Gasteiger partial charge in [0.15, 0.2) is 0 Å². The molecule has 0 radical (unpaired) electrons. The molecule has 0 bridgehead atoms. The number of aryl methyl sites for hydroxylation is 1. The predicted octanol–water partition coefficient (Wildman–Crippen LogP) is 4.85. The lowest BCUT2D eigenvalue weighted by molar-refractivity contribution is 0.168. The molecule has 1 heteroatoms. The molecule has 0 saturated heterocycles. The maximum absolute atomic E-state index is 5.38. The lowest BCUT2D eigenvalue weighted by Gasteiger charge is -2.44. The van der Waals surface area contributed by atoms with Gasteiger partial charge in [0.2, 0.25) is 0 Å². The third-order valence-electron chi connectivity index (χ3n) is 6.18. The highest BCUT2D eigenvalue weighted by atomic mass is 16.5. The van der Waals surface area contributed by atoms with Crippen molar-refractivity contribution in [3.8, 4) is 5.75 Å². The van der Waals surface area contributed by atoms with Crippen molar-refractivity contribution in [2.75, 3.05) is 7.11 Å². The number of allylic oxidation sites excluding steroid dienone is 2. The Morgan fingerprint density at radius 1 is 1.25 bits per heavy atom. The van der Waals surface area contributed by atoms with Crippen LogP contribution in [-0.2, 0) is 6.42 Å². The van der Waals surface area contributed by atoms with Gasteiger partial charge in [-0.2, -0.15) is 0 Å². The van der Waals surface area contributed by atoms with Crippen LogP contribution in [0.4, 0.5) is 0 Å². The summed E-state index contributed by atoms with van der Waals surface area (Å²) >= 11 is 0. The van der Waals surface area contributed by atoms with Gasteiger partial charge in [0.25, 0.3) is 0 Å². The molecule has 1 fully saturated rings. The second-order valence-corrected chi connectivity index (χ2v) is 7.18. The maximum Gasteiger partial charge on any atom is 0.119 e. The van der Waals surface area contributed by atoms with Crippen molar-refractivity contribution < 1.29 is 4.74 Å². The molecule has 3 aliphatic carbocycles. The van der Waals surface area contributed by atoms with Crippen molar-refractivity contribution >= 4 is 5.57 Å². The minimum Gasteiger partial charge on any atom is -0.497 e. The molecule has 1 aromatic rings. The third kappa shape index (κ3) is 1.68. The standard InChI is InChI=1S/C19H24O/c1-19-10-3-4-18(19)17-7-5-13-12-14(20-2)6-8-15(13)16(17)9-11-19/h6,8-9,12,17-18H,3-5,7,10-11H2,1-2H3/t17?,18?,19-/m1/s1. The van der Waals surface area contributed by atoms with Gasteiger partial charge in [-0.3, -0.25) is 0 Å². The lowest BCUT2D eigenvalue weighted by atomic mass is 9.60. The highest BCUT2D eigenvalue weighted by molar-refractivity contribution is 5.73. The summed E-state index contributed by atoms with van der Waals surface area (Å²) < 4.78 is 5.38. The van der Waals surface area contributed by atoms with E-state index in [0.29, 0.717) is 5.41 Å². The Morgan fingerprint density at radius 2 is 2.15 bits per heavy atom. The first-order valence-electron chi connectivity index (χ1n) is 8.09. The van der Waals surface area contributed by atoms with Gasteiger partial charge in [0.05, 0.1) is 7.11 Å². The molecule has 0 amide bonds. The van der Waals surface area contributed by atoms with E-state index in [2.05, 4.69) is 31.2 Å². The zero-order valence-electron chi connectivity index (χ0n) is 12.6. The van der Waals surface area contributed by atoms with Crippen molar-refractivity contribution in [3.63, 3.8) is 0 Å². The Bertz CT molecular complexity index is 571. The van der Waals surface area contributed by atoms with Gasteiger partial charge in [-0.05, 0) is 78.2 Å². The summed E-state index contributed by atoms with van der Waals surface area (Å²) in [5.41, 5.74) is 5.25. The molecule has 0 spiro atoms. The van der Waals surface area contributed by atoms with Gasteiger partial charge in [-0.15, -0.1) is 0 Å². The molecule has 1 saturated carbocycles. The van der Waals surface area contributed by atoms with E-state index < -0.39 is 0 Å². The fourth-order valence-electron chi connectivity index (χ4n) is 5.07. The first-order chi connectivity index (χ1) is 9.71. The van der Waals surface area contributed by atoms with Crippen molar-refractivity contribution in [3.05, 3.63) is 35.4 Å². The molecular weight excluding hydrogens is 244 g/mol. The average Bonchev–Trinajstić information content (AvgIpc) is 2.88. The lowest BCUT2D eigenvalue weighted by Crippen LogP contribution is -2.34. The number of benzene rings is 1. The summed E-state index contributed by atoms with van der Waals surface area (Å²) in [6.07, 6.45) is 10.7. The van der Waals surface area contributed by atoms with E-state index in [4.69, 9.17) is 4.74 Å². The SMILES string of the molecule is COc1ccc2c(c1)CCC1C2=CC[C@@]2(C)CCCC12. The molecule has 3 aliphatic rings. The van der Waals surface area contributed by atoms with E-state index in [0.717, 1.165) is 17.6 Å². The molecule has 2 unspecified atom stereocenters. The summed E-state index contributed by atoms with van der Waals surface area (Å²) in [4.78, 5) is 0. The van der Waals surface area contributed by atoms with Gasteiger partial charge >= 0.3 is 0 Å². The first-order valence-corrected chi connectivity index (χ1v) is 8.09. The summed E-state index contributed by atoms with van der Waals surface area (Å²) in [5, 5.41) is 0. The smallest absolute Gasteiger partial charge is 0.119 e. The van der Waals surface area contributed by atoms with E-state index in [1.54, 1.807) is 12.7 Å². The highest BCUT2D eigenvalue weighted by Gasteiger charge is 2.46. The van der Waals surface area contributed by atoms with Crippen molar-refractivity contribution in [2.24, 2.45) is 17.3 Å². The fourth-order valence-corrected chi connectivity index (χ4v) is 5.07. The van der Waals surface area contributed by atoms with E-state index in [1.165, 1.54) is 49.7 Å². The van der Waals surface area contributed by atoms with Gasteiger partial charge in [0, 0.05) is 0 Å². The second kappa shape index (κ2) is 4.38. The number of methoxy groups -OCH3 is 1. The van der Waals surface area contributed by atoms with E-state index in [-0.39, 0.29) is 0 Å². The number of hydrogen-bond acceptors (Lipinski definition) is 1. The molecule has 20 heavy (non-hydrogen) atoms. The Hall–Kier alpha value is -1.24.